The van der Waals surface area contributed by atoms with Gasteiger partial charge in [-0.25, -0.2) is 0 Å². The lowest BCUT2D eigenvalue weighted by atomic mass is 10.1. The molecule has 0 fully saturated rings. The topological polar surface area (TPSA) is 56.8 Å². The third kappa shape index (κ3) is 4.23. The van der Waals surface area contributed by atoms with Crippen molar-refractivity contribution in [1.29, 1.82) is 0 Å². The first-order valence-electron chi connectivity index (χ1n) is 7.27. The Morgan fingerprint density at radius 3 is 2.52 bits per heavy atom. The Bertz CT molecular complexity index is 657. The second kappa shape index (κ2) is 8.19. The summed E-state index contributed by atoms with van der Waals surface area (Å²) in [5, 5.41) is 2.88. The predicted octanol–water partition coefficient (Wildman–Crippen LogP) is 2.82. The number of para-hydroxylation sites is 1. The molecule has 0 aliphatic heterocycles. The molecular formula is C18H21NO4. The van der Waals surface area contributed by atoms with E-state index in [9.17, 15) is 4.79 Å². The van der Waals surface area contributed by atoms with Crippen molar-refractivity contribution >= 4 is 5.91 Å². The molecule has 2 aromatic rings. The van der Waals surface area contributed by atoms with E-state index in [2.05, 4.69) is 5.32 Å². The number of nitrogens with one attached hydrogen (secondary N) is 1. The number of ether oxygens (including phenoxy) is 3. The Kier molecular flexibility index (Phi) is 6.00. The van der Waals surface area contributed by atoms with Crippen molar-refractivity contribution in [2.45, 2.75) is 6.10 Å². The Morgan fingerprint density at radius 1 is 1.04 bits per heavy atom. The van der Waals surface area contributed by atoms with Crippen molar-refractivity contribution in [3.8, 4) is 11.5 Å². The zero-order chi connectivity index (χ0) is 16.7. The van der Waals surface area contributed by atoms with E-state index in [1.54, 1.807) is 39.5 Å². The van der Waals surface area contributed by atoms with Crippen molar-refractivity contribution in [1.82, 2.24) is 5.32 Å². The van der Waals surface area contributed by atoms with Gasteiger partial charge in [-0.1, -0.05) is 24.3 Å². The highest BCUT2D eigenvalue weighted by Gasteiger charge is 2.16. The lowest BCUT2D eigenvalue weighted by Crippen LogP contribution is -2.29. The third-order valence-corrected chi connectivity index (χ3v) is 3.55. The number of hydrogen-bond donors (Lipinski definition) is 1. The summed E-state index contributed by atoms with van der Waals surface area (Å²) in [6, 6.07) is 14.7. The van der Waals surface area contributed by atoms with E-state index in [1.807, 2.05) is 30.3 Å². The molecule has 1 atom stereocenters. The largest absolute Gasteiger partial charge is 0.497 e. The fraction of sp³-hybridized carbons (Fsp3) is 0.278. The van der Waals surface area contributed by atoms with Gasteiger partial charge >= 0.3 is 0 Å². The van der Waals surface area contributed by atoms with Gasteiger partial charge in [0.2, 0.25) is 0 Å². The molecule has 0 heterocycles. The second-order valence-electron chi connectivity index (χ2n) is 4.91. The van der Waals surface area contributed by atoms with Gasteiger partial charge in [0.1, 0.15) is 11.5 Å². The van der Waals surface area contributed by atoms with E-state index >= 15 is 0 Å². The Balaban J connectivity index is 2.06. The summed E-state index contributed by atoms with van der Waals surface area (Å²) < 4.78 is 15.9. The smallest absolute Gasteiger partial charge is 0.255 e. The molecule has 5 heteroatoms. The van der Waals surface area contributed by atoms with E-state index < -0.39 is 0 Å². The van der Waals surface area contributed by atoms with Crippen molar-refractivity contribution < 1.29 is 19.0 Å². The maximum absolute atomic E-state index is 12.3. The van der Waals surface area contributed by atoms with Crippen LogP contribution < -0.4 is 14.8 Å². The van der Waals surface area contributed by atoms with Crippen LogP contribution in [0.15, 0.2) is 48.5 Å². The lowest BCUT2D eigenvalue weighted by Gasteiger charge is -2.17. The van der Waals surface area contributed by atoms with E-state index in [0.29, 0.717) is 17.9 Å². The summed E-state index contributed by atoms with van der Waals surface area (Å²) in [6.07, 6.45) is -0.260. The highest BCUT2D eigenvalue weighted by Crippen LogP contribution is 2.22. The standard InChI is InChI=1S/C18H21NO4/c1-21-14-8-6-7-13(11-14)17(23-3)12-19-18(20)15-9-4-5-10-16(15)22-2/h4-11,17H,12H2,1-3H3,(H,19,20). The summed E-state index contributed by atoms with van der Waals surface area (Å²) in [7, 11) is 4.77. The monoisotopic (exact) mass is 315 g/mol. The summed E-state index contributed by atoms with van der Waals surface area (Å²) in [5.41, 5.74) is 1.43. The van der Waals surface area contributed by atoms with E-state index in [0.717, 1.165) is 11.3 Å². The molecule has 2 rings (SSSR count). The minimum Gasteiger partial charge on any atom is -0.497 e. The van der Waals surface area contributed by atoms with Crippen LogP contribution in [0.3, 0.4) is 0 Å². The summed E-state index contributed by atoms with van der Waals surface area (Å²) >= 11 is 0. The molecule has 0 spiro atoms. The number of hydrogen-bond acceptors (Lipinski definition) is 4. The van der Waals surface area contributed by atoms with Crippen LogP contribution in [0.2, 0.25) is 0 Å². The number of methoxy groups -OCH3 is 3. The Labute approximate surface area is 136 Å². The zero-order valence-corrected chi connectivity index (χ0v) is 13.5. The fourth-order valence-electron chi connectivity index (χ4n) is 2.29. The summed E-state index contributed by atoms with van der Waals surface area (Å²) in [6.45, 7) is 0.348. The average Bonchev–Trinajstić information content (AvgIpc) is 2.62. The van der Waals surface area contributed by atoms with Crippen LogP contribution in [0.5, 0.6) is 11.5 Å². The molecule has 5 nitrogen and oxygen atoms in total. The van der Waals surface area contributed by atoms with Gasteiger partial charge in [0, 0.05) is 13.7 Å². The normalized spacial score (nSPS) is 11.6. The fourth-order valence-corrected chi connectivity index (χ4v) is 2.29. The Morgan fingerprint density at radius 2 is 1.83 bits per heavy atom. The lowest BCUT2D eigenvalue weighted by molar-refractivity contribution is 0.0825. The van der Waals surface area contributed by atoms with Crippen LogP contribution in [0.25, 0.3) is 0 Å². The predicted molar refractivity (Wildman–Crippen MR) is 88.1 cm³/mol. The molecule has 122 valence electrons. The molecule has 1 amide bonds. The van der Waals surface area contributed by atoms with Crippen LogP contribution in [0, 0.1) is 0 Å². The van der Waals surface area contributed by atoms with Gasteiger partial charge in [-0.05, 0) is 29.8 Å². The first-order chi connectivity index (χ1) is 11.2. The number of rotatable bonds is 7. The zero-order valence-electron chi connectivity index (χ0n) is 13.5. The molecular weight excluding hydrogens is 294 g/mol. The van der Waals surface area contributed by atoms with Gasteiger partial charge < -0.3 is 19.5 Å². The van der Waals surface area contributed by atoms with E-state index in [-0.39, 0.29) is 12.0 Å². The molecule has 0 aliphatic rings. The van der Waals surface area contributed by atoms with Gasteiger partial charge in [0.25, 0.3) is 5.91 Å². The van der Waals surface area contributed by atoms with Gasteiger partial charge in [0.05, 0.1) is 25.9 Å². The van der Waals surface area contributed by atoms with Crippen LogP contribution in [-0.2, 0) is 4.74 Å². The first kappa shape index (κ1) is 16.8. The number of carbonyl (C=O) groups excluding carboxylic acids is 1. The first-order valence-corrected chi connectivity index (χ1v) is 7.27. The van der Waals surface area contributed by atoms with Crippen molar-refractivity contribution in [3.05, 3.63) is 59.7 Å². The summed E-state index contributed by atoms with van der Waals surface area (Å²) in [5.74, 6) is 1.09. The molecule has 0 saturated carbocycles. The van der Waals surface area contributed by atoms with Gasteiger partial charge in [0.15, 0.2) is 0 Å². The minimum absolute atomic E-state index is 0.201. The third-order valence-electron chi connectivity index (χ3n) is 3.55. The maximum atomic E-state index is 12.3. The molecule has 0 bridgehead atoms. The minimum atomic E-state index is -0.260. The highest BCUT2D eigenvalue weighted by molar-refractivity contribution is 5.96. The van der Waals surface area contributed by atoms with E-state index in [4.69, 9.17) is 14.2 Å². The quantitative estimate of drug-likeness (QED) is 0.853. The molecule has 1 unspecified atom stereocenters. The van der Waals surface area contributed by atoms with Crippen LogP contribution in [-0.4, -0.2) is 33.8 Å². The molecule has 0 saturated heterocycles. The molecule has 0 radical (unpaired) electrons. The average molecular weight is 315 g/mol. The number of benzene rings is 2. The molecule has 23 heavy (non-hydrogen) atoms. The summed E-state index contributed by atoms with van der Waals surface area (Å²) in [4.78, 5) is 12.3. The van der Waals surface area contributed by atoms with Gasteiger partial charge in [-0.3, -0.25) is 4.79 Å². The van der Waals surface area contributed by atoms with Crippen molar-refractivity contribution in [2.24, 2.45) is 0 Å². The van der Waals surface area contributed by atoms with Crippen LogP contribution in [0.4, 0.5) is 0 Å². The van der Waals surface area contributed by atoms with Crippen LogP contribution >= 0.6 is 0 Å². The van der Waals surface area contributed by atoms with Gasteiger partial charge in [-0.2, -0.15) is 0 Å². The SMILES string of the molecule is COc1cccc(C(CNC(=O)c2ccccc2OC)OC)c1. The number of carbonyl (C=O) groups is 1. The Hall–Kier alpha value is -2.53. The van der Waals surface area contributed by atoms with Crippen molar-refractivity contribution in [3.63, 3.8) is 0 Å². The highest BCUT2D eigenvalue weighted by atomic mass is 16.5. The maximum Gasteiger partial charge on any atom is 0.255 e. The molecule has 2 aromatic carbocycles. The van der Waals surface area contributed by atoms with Crippen LogP contribution in [0.1, 0.15) is 22.0 Å². The van der Waals surface area contributed by atoms with Crippen molar-refractivity contribution in [2.75, 3.05) is 27.9 Å². The molecule has 0 aliphatic carbocycles. The molecule has 0 aromatic heterocycles. The molecule has 1 N–H and O–H groups in total. The van der Waals surface area contributed by atoms with E-state index in [1.165, 1.54) is 0 Å². The van der Waals surface area contributed by atoms with Gasteiger partial charge in [-0.15, -0.1) is 0 Å². The number of amides is 1. The second-order valence-corrected chi connectivity index (χ2v) is 4.91.